The summed E-state index contributed by atoms with van der Waals surface area (Å²) in [6.45, 7) is 4.46. The lowest BCUT2D eigenvalue weighted by molar-refractivity contribution is 0.0200. The number of unbranched alkanes of at least 4 members (excludes halogenated alkanes) is 3. The Hall–Kier alpha value is -0.130. The van der Waals surface area contributed by atoms with Crippen molar-refractivity contribution >= 4 is 40.0 Å². The van der Waals surface area contributed by atoms with Crippen molar-refractivity contribution < 1.29 is 13.2 Å². The summed E-state index contributed by atoms with van der Waals surface area (Å²) in [5.74, 6) is 0.674. The molecule has 1 unspecified atom stereocenters. The molecule has 1 atom stereocenters. The van der Waals surface area contributed by atoms with Gasteiger partial charge in [-0.05, 0) is 25.7 Å². The molecule has 0 aromatic rings. The van der Waals surface area contributed by atoms with E-state index >= 15 is 0 Å². The van der Waals surface area contributed by atoms with Crippen molar-refractivity contribution in [3.8, 4) is 0 Å². The van der Waals surface area contributed by atoms with E-state index in [4.69, 9.17) is 4.74 Å². The van der Waals surface area contributed by atoms with Gasteiger partial charge in [0.25, 0.3) is 0 Å². The highest BCUT2D eigenvalue weighted by Crippen LogP contribution is 2.11. The lowest BCUT2D eigenvalue weighted by Gasteiger charge is -2.22. The fourth-order valence-electron chi connectivity index (χ4n) is 2.54. The van der Waals surface area contributed by atoms with Crippen LogP contribution in [-0.2, 0) is 14.8 Å². The fraction of sp³-hybridized carbons (Fsp3) is 0.938. The first-order valence-corrected chi connectivity index (χ1v) is 10.8. The summed E-state index contributed by atoms with van der Waals surface area (Å²) in [5, 5.41) is 6.24. The Morgan fingerprint density at radius 2 is 1.92 bits per heavy atom. The average Bonchev–Trinajstić information content (AvgIpc) is 2.59. The number of guanidine groups is 1. The standard InChI is InChI=1S/C16H34N4O3S.HI/c1-3-4-5-7-10-18-16(17-2)19-11-13-24(21,22)20-14-15-9-6-8-12-23-15;/h15,20H,3-14H2,1-2H3,(H2,17,18,19);1H. The fourth-order valence-corrected chi connectivity index (χ4v) is 3.50. The molecule has 25 heavy (non-hydrogen) atoms. The maximum atomic E-state index is 12.0. The molecule has 9 heteroatoms. The van der Waals surface area contributed by atoms with E-state index in [0.717, 1.165) is 38.8 Å². The number of sulfonamides is 1. The Kier molecular flexibility index (Phi) is 14.9. The number of rotatable bonds is 11. The second kappa shape index (κ2) is 15.0. The topological polar surface area (TPSA) is 91.8 Å². The van der Waals surface area contributed by atoms with Crippen LogP contribution in [0.3, 0.4) is 0 Å². The SMILES string of the molecule is CCCCCCNC(=NC)NCCS(=O)(=O)NCC1CCCCO1.I. The summed E-state index contributed by atoms with van der Waals surface area (Å²) in [6, 6.07) is 0. The van der Waals surface area contributed by atoms with Crippen LogP contribution in [0, 0.1) is 0 Å². The van der Waals surface area contributed by atoms with Crippen molar-refractivity contribution in [3.63, 3.8) is 0 Å². The molecule has 0 spiro atoms. The van der Waals surface area contributed by atoms with Crippen molar-refractivity contribution in [1.29, 1.82) is 0 Å². The quantitative estimate of drug-likeness (QED) is 0.178. The van der Waals surface area contributed by atoms with Crippen LogP contribution in [-0.4, -0.2) is 59.5 Å². The van der Waals surface area contributed by atoms with Crippen LogP contribution >= 0.6 is 24.0 Å². The van der Waals surface area contributed by atoms with E-state index in [0.29, 0.717) is 19.0 Å². The van der Waals surface area contributed by atoms with Gasteiger partial charge >= 0.3 is 0 Å². The summed E-state index contributed by atoms with van der Waals surface area (Å²) in [7, 11) is -1.60. The van der Waals surface area contributed by atoms with Crippen molar-refractivity contribution in [3.05, 3.63) is 0 Å². The summed E-state index contributed by atoms with van der Waals surface area (Å²) in [4.78, 5) is 4.10. The van der Waals surface area contributed by atoms with Crippen molar-refractivity contribution in [1.82, 2.24) is 15.4 Å². The number of hydrogen-bond acceptors (Lipinski definition) is 4. The molecule has 0 aromatic heterocycles. The monoisotopic (exact) mass is 490 g/mol. The van der Waals surface area contributed by atoms with Gasteiger partial charge in [0.1, 0.15) is 0 Å². The second-order valence-corrected chi connectivity index (χ2v) is 8.07. The Bertz CT molecular complexity index is 454. The van der Waals surface area contributed by atoms with Gasteiger partial charge in [-0.2, -0.15) is 0 Å². The van der Waals surface area contributed by atoms with Crippen LogP contribution in [0.2, 0.25) is 0 Å². The molecule has 0 aliphatic carbocycles. The van der Waals surface area contributed by atoms with Gasteiger partial charge in [0.15, 0.2) is 5.96 Å². The lowest BCUT2D eigenvalue weighted by atomic mass is 10.1. The van der Waals surface area contributed by atoms with Gasteiger partial charge in [-0.15, -0.1) is 24.0 Å². The van der Waals surface area contributed by atoms with E-state index in [9.17, 15) is 8.42 Å². The van der Waals surface area contributed by atoms with Crippen molar-refractivity contribution in [2.75, 3.05) is 39.0 Å². The number of nitrogens with one attached hydrogen (secondary N) is 3. The van der Waals surface area contributed by atoms with Crippen LogP contribution in [0.5, 0.6) is 0 Å². The van der Waals surface area contributed by atoms with Crippen LogP contribution in [0.15, 0.2) is 4.99 Å². The Labute approximate surface area is 170 Å². The molecule has 3 N–H and O–H groups in total. The second-order valence-electron chi connectivity index (χ2n) is 6.14. The van der Waals surface area contributed by atoms with E-state index < -0.39 is 10.0 Å². The predicted molar refractivity (Wildman–Crippen MR) is 114 cm³/mol. The van der Waals surface area contributed by atoms with E-state index in [1.807, 2.05) is 0 Å². The Morgan fingerprint density at radius 1 is 1.16 bits per heavy atom. The summed E-state index contributed by atoms with van der Waals surface area (Å²) in [5.41, 5.74) is 0. The zero-order valence-corrected chi connectivity index (χ0v) is 18.7. The van der Waals surface area contributed by atoms with Gasteiger partial charge in [0.2, 0.25) is 10.0 Å². The van der Waals surface area contributed by atoms with Gasteiger partial charge in [-0.25, -0.2) is 13.1 Å². The minimum atomic E-state index is -3.29. The molecule has 1 saturated heterocycles. The predicted octanol–water partition coefficient (Wildman–Crippen LogP) is 1.84. The summed E-state index contributed by atoms with van der Waals surface area (Å²) >= 11 is 0. The van der Waals surface area contributed by atoms with Crippen molar-refractivity contribution in [2.24, 2.45) is 4.99 Å². The highest BCUT2D eigenvalue weighted by Gasteiger charge is 2.17. The van der Waals surface area contributed by atoms with E-state index in [-0.39, 0.29) is 35.8 Å². The van der Waals surface area contributed by atoms with E-state index in [1.165, 1.54) is 19.3 Å². The number of ether oxygens (including phenoxy) is 1. The number of nitrogens with zero attached hydrogens (tertiary/aromatic N) is 1. The number of halogens is 1. The van der Waals surface area contributed by atoms with Crippen molar-refractivity contribution in [2.45, 2.75) is 58.0 Å². The molecule has 0 amide bonds. The van der Waals surface area contributed by atoms with Gasteiger partial charge < -0.3 is 15.4 Å². The summed E-state index contributed by atoms with van der Waals surface area (Å²) < 4.78 is 32.2. The third-order valence-electron chi connectivity index (χ3n) is 4.01. The van der Waals surface area contributed by atoms with Gasteiger partial charge in [0, 0.05) is 33.3 Å². The molecule has 0 aromatic carbocycles. The highest BCUT2D eigenvalue weighted by atomic mass is 127. The average molecular weight is 490 g/mol. The molecule has 0 saturated carbocycles. The van der Waals surface area contributed by atoms with E-state index in [1.54, 1.807) is 7.05 Å². The lowest BCUT2D eigenvalue weighted by Crippen LogP contribution is -2.42. The third-order valence-corrected chi connectivity index (χ3v) is 5.36. The first-order chi connectivity index (χ1) is 11.6. The molecule has 7 nitrogen and oxygen atoms in total. The van der Waals surface area contributed by atoms with E-state index in [2.05, 4.69) is 27.3 Å². The maximum absolute atomic E-state index is 12.0. The van der Waals surface area contributed by atoms with Crippen LogP contribution in [0.4, 0.5) is 0 Å². The first kappa shape index (κ1) is 24.9. The smallest absolute Gasteiger partial charge is 0.213 e. The molecule has 0 radical (unpaired) electrons. The highest BCUT2D eigenvalue weighted by molar-refractivity contribution is 14.0. The molecular weight excluding hydrogens is 455 g/mol. The van der Waals surface area contributed by atoms with Crippen LogP contribution < -0.4 is 15.4 Å². The maximum Gasteiger partial charge on any atom is 0.213 e. The molecular formula is C16H35IN4O3S. The first-order valence-electron chi connectivity index (χ1n) is 9.11. The minimum Gasteiger partial charge on any atom is -0.377 e. The third kappa shape index (κ3) is 12.8. The zero-order chi connectivity index (χ0) is 17.7. The molecule has 1 aliphatic heterocycles. The Morgan fingerprint density at radius 3 is 2.56 bits per heavy atom. The normalized spacial score (nSPS) is 18.5. The van der Waals surface area contributed by atoms with Crippen LogP contribution in [0.1, 0.15) is 51.9 Å². The molecule has 0 bridgehead atoms. The minimum absolute atomic E-state index is 0. The number of aliphatic imine (C=N–C) groups is 1. The van der Waals surface area contributed by atoms with Gasteiger partial charge in [0.05, 0.1) is 11.9 Å². The molecule has 1 rings (SSSR count). The summed E-state index contributed by atoms with van der Waals surface area (Å²) in [6.07, 6.45) is 7.85. The van der Waals surface area contributed by atoms with Gasteiger partial charge in [-0.3, -0.25) is 4.99 Å². The molecule has 1 heterocycles. The Balaban J connectivity index is 0.00000576. The van der Waals surface area contributed by atoms with Crippen LogP contribution in [0.25, 0.3) is 0 Å². The van der Waals surface area contributed by atoms with Gasteiger partial charge in [-0.1, -0.05) is 26.2 Å². The molecule has 150 valence electrons. The molecule has 1 aliphatic rings. The molecule has 1 fully saturated rings. The largest absolute Gasteiger partial charge is 0.377 e. The zero-order valence-electron chi connectivity index (χ0n) is 15.6. The number of hydrogen-bond donors (Lipinski definition) is 3.